The van der Waals surface area contributed by atoms with Crippen LogP contribution in [0.4, 0.5) is 4.39 Å². The lowest BCUT2D eigenvalue weighted by Crippen LogP contribution is -2.12. The third-order valence-electron chi connectivity index (χ3n) is 2.19. The number of rotatable bonds is 7. The fourth-order valence-corrected chi connectivity index (χ4v) is 2.03. The first-order valence-electron chi connectivity index (χ1n) is 5.48. The predicted molar refractivity (Wildman–Crippen MR) is 69.5 cm³/mol. The molecule has 5 heteroatoms. The van der Waals surface area contributed by atoms with Crippen molar-refractivity contribution >= 4 is 15.9 Å². The van der Waals surface area contributed by atoms with Crippen molar-refractivity contribution in [2.24, 2.45) is 0 Å². The van der Waals surface area contributed by atoms with Crippen LogP contribution in [0.25, 0.3) is 0 Å². The van der Waals surface area contributed by atoms with E-state index < -0.39 is 6.67 Å². The Morgan fingerprint density at radius 1 is 1.41 bits per heavy atom. The van der Waals surface area contributed by atoms with Gasteiger partial charge in [0.05, 0.1) is 11.6 Å². The molecule has 0 aliphatic rings. The van der Waals surface area contributed by atoms with Crippen LogP contribution in [0, 0.1) is 0 Å². The highest BCUT2D eigenvalue weighted by molar-refractivity contribution is 9.10. The van der Waals surface area contributed by atoms with Gasteiger partial charge < -0.3 is 14.8 Å². The van der Waals surface area contributed by atoms with Crippen LogP contribution in [0.3, 0.4) is 0 Å². The summed E-state index contributed by atoms with van der Waals surface area (Å²) < 4.78 is 23.4. The molecule has 17 heavy (non-hydrogen) atoms. The number of hydrogen-bond donors (Lipinski definition) is 1. The van der Waals surface area contributed by atoms with Gasteiger partial charge in [0, 0.05) is 6.54 Å². The molecule has 1 aromatic rings. The Morgan fingerprint density at radius 3 is 2.76 bits per heavy atom. The second-order valence-electron chi connectivity index (χ2n) is 3.43. The van der Waals surface area contributed by atoms with E-state index in [1.165, 1.54) is 0 Å². The van der Waals surface area contributed by atoms with Crippen molar-refractivity contribution < 1.29 is 13.9 Å². The van der Waals surface area contributed by atoms with Gasteiger partial charge in [0.25, 0.3) is 0 Å². The van der Waals surface area contributed by atoms with Gasteiger partial charge in [0.1, 0.15) is 13.3 Å². The van der Waals surface area contributed by atoms with Crippen molar-refractivity contribution in [3.8, 4) is 11.5 Å². The highest BCUT2D eigenvalue weighted by Crippen LogP contribution is 2.36. The van der Waals surface area contributed by atoms with Gasteiger partial charge in [0.15, 0.2) is 11.5 Å². The van der Waals surface area contributed by atoms with Gasteiger partial charge in [-0.1, -0.05) is 6.92 Å². The second kappa shape index (κ2) is 7.50. The molecule has 96 valence electrons. The van der Waals surface area contributed by atoms with Gasteiger partial charge in [-0.25, -0.2) is 4.39 Å². The quantitative estimate of drug-likeness (QED) is 0.840. The molecule has 0 heterocycles. The number of benzene rings is 1. The molecule has 0 saturated carbocycles. The second-order valence-corrected chi connectivity index (χ2v) is 4.28. The van der Waals surface area contributed by atoms with Crippen LogP contribution in [-0.2, 0) is 6.54 Å². The molecule has 1 aromatic carbocycles. The number of hydrogen-bond acceptors (Lipinski definition) is 3. The maximum absolute atomic E-state index is 12.1. The summed E-state index contributed by atoms with van der Waals surface area (Å²) in [6.45, 7) is 3.22. The Labute approximate surface area is 109 Å². The third kappa shape index (κ3) is 4.16. The predicted octanol–water partition coefficient (Wildman–Crippen LogP) is 2.92. The molecule has 0 unspecified atom stereocenters. The molecule has 0 amide bonds. The summed E-state index contributed by atoms with van der Waals surface area (Å²) in [6.07, 6.45) is 0. The first-order chi connectivity index (χ1) is 8.22. The molecule has 0 aliphatic carbocycles. The van der Waals surface area contributed by atoms with Crippen LogP contribution >= 0.6 is 15.9 Å². The van der Waals surface area contributed by atoms with Crippen LogP contribution in [0.2, 0.25) is 0 Å². The van der Waals surface area contributed by atoms with Gasteiger partial charge in [-0.3, -0.25) is 0 Å². The summed E-state index contributed by atoms with van der Waals surface area (Å²) in [5, 5.41) is 3.23. The highest BCUT2D eigenvalue weighted by atomic mass is 79.9. The largest absolute Gasteiger partial charge is 0.493 e. The Kier molecular flexibility index (Phi) is 6.29. The summed E-state index contributed by atoms with van der Waals surface area (Å²) in [4.78, 5) is 0. The minimum Gasteiger partial charge on any atom is -0.493 e. The van der Waals surface area contributed by atoms with E-state index in [0.717, 1.165) is 23.1 Å². The van der Waals surface area contributed by atoms with Gasteiger partial charge in [-0.2, -0.15) is 0 Å². The molecule has 0 aromatic heterocycles. The Balaban J connectivity index is 2.90. The van der Waals surface area contributed by atoms with Crippen molar-refractivity contribution in [1.29, 1.82) is 0 Å². The Bertz CT molecular complexity index is 361. The van der Waals surface area contributed by atoms with E-state index in [9.17, 15) is 4.39 Å². The molecular weight excluding hydrogens is 289 g/mol. The number of ether oxygens (including phenoxy) is 2. The van der Waals surface area contributed by atoms with E-state index in [4.69, 9.17) is 9.47 Å². The number of alkyl halides is 1. The van der Waals surface area contributed by atoms with Gasteiger partial charge in [0.2, 0.25) is 0 Å². The van der Waals surface area contributed by atoms with Crippen molar-refractivity contribution in [2.45, 2.75) is 13.5 Å². The normalized spacial score (nSPS) is 10.4. The summed E-state index contributed by atoms with van der Waals surface area (Å²) in [6, 6.07) is 3.83. The molecular formula is C12H17BrFNO2. The van der Waals surface area contributed by atoms with Crippen LogP contribution in [0.15, 0.2) is 16.6 Å². The van der Waals surface area contributed by atoms with Crippen molar-refractivity contribution in [1.82, 2.24) is 5.32 Å². The molecule has 3 nitrogen and oxygen atoms in total. The van der Waals surface area contributed by atoms with Crippen LogP contribution in [-0.4, -0.2) is 26.9 Å². The molecule has 0 radical (unpaired) electrons. The first kappa shape index (κ1) is 14.3. The average Bonchev–Trinajstić information content (AvgIpc) is 2.34. The maximum Gasteiger partial charge on any atom is 0.175 e. The molecule has 1 rings (SSSR count). The summed E-state index contributed by atoms with van der Waals surface area (Å²) >= 11 is 3.41. The summed E-state index contributed by atoms with van der Waals surface area (Å²) in [5.74, 6) is 1.16. The highest BCUT2D eigenvalue weighted by Gasteiger charge is 2.11. The molecule has 0 bridgehead atoms. The molecule has 0 fully saturated rings. The fraction of sp³-hybridized carbons (Fsp3) is 0.500. The van der Waals surface area contributed by atoms with Crippen LogP contribution in [0.1, 0.15) is 12.5 Å². The van der Waals surface area contributed by atoms with Gasteiger partial charge >= 0.3 is 0 Å². The van der Waals surface area contributed by atoms with E-state index in [-0.39, 0.29) is 6.61 Å². The number of halogens is 2. The zero-order valence-corrected chi connectivity index (χ0v) is 11.6. The third-order valence-corrected chi connectivity index (χ3v) is 2.78. The number of methoxy groups -OCH3 is 1. The van der Waals surface area contributed by atoms with Crippen LogP contribution in [0.5, 0.6) is 11.5 Å². The Morgan fingerprint density at radius 2 is 2.18 bits per heavy atom. The lowest BCUT2D eigenvalue weighted by Gasteiger charge is -2.13. The zero-order valence-electron chi connectivity index (χ0n) is 10.1. The summed E-state index contributed by atoms with van der Waals surface area (Å²) in [5.41, 5.74) is 1.09. The zero-order chi connectivity index (χ0) is 12.7. The fourth-order valence-electron chi connectivity index (χ4n) is 1.43. The minimum absolute atomic E-state index is 0.0293. The molecule has 0 atom stereocenters. The van der Waals surface area contributed by atoms with Crippen LogP contribution < -0.4 is 14.8 Å². The monoisotopic (exact) mass is 305 g/mol. The SMILES string of the molecule is CCNCc1cc(Br)c(OCCF)c(OC)c1. The van der Waals surface area contributed by atoms with Crippen molar-refractivity contribution in [3.63, 3.8) is 0 Å². The van der Waals surface area contributed by atoms with Gasteiger partial charge in [-0.15, -0.1) is 0 Å². The Hall–Kier alpha value is -0.810. The smallest absolute Gasteiger partial charge is 0.175 e. The van der Waals surface area contributed by atoms with Crippen molar-refractivity contribution in [2.75, 3.05) is 26.9 Å². The average molecular weight is 306 g/mol. The molecule has 0 saturated heterocycles. The van der Waals surface area contributed by atoms with E-state index in [2.05, 4.69) is 21.2 Å². The molecule has 0 aliphatic heterocycles. The van der Waals surface area contributed by atoms with E-state index >= 15 is 0 Å². The standard InChI is InChI=1S/C12H17BrFNO2/c1-3-15-8-9-6-10(13)12(17-5-4-14)11(7-9)16-2/h6-7,15H,3-5,8H2,1-2H3. The van der Waals surface area contributed by atoms with E-state index in [1.807, 2.05) is 19.1 Å². The lowest BCUT2D eigenvalue weighted by atomic mass is 10.2. The van der Waals surface area contributed by atoms with E-state index in [1.54, 1.807) is 7.11 Å². The molecule has 1 N–H and O–H groups in total. The lowest BCUT2D eigenvalue weighted by molar-refractivity contribution is 0.258. The topological polar surface area (TPSA) is 30.5 Å². The van der Waals surface area contributed by atoms with Crippen molar-refractivity contribution in [3.05, 3.63) is 22.2 Å². The summed E-state index contributed by atoms with van der Waals surface area (Å²) in [7, 11) is 1.57. The molecule has 0 spiro atoms. The number of nitrogens with one attached hydrogen (secondary N) is 1. The van der Waals surface area contributed by atoms with E-state index in [0.29, 0.717) is 11.5 Å². The van der Waals surface area contributed by atoms with Gasteiger partial charge in [-0.05, 0) is 40.2 Å². The minimum atomic E-state index is -0.519. The maximum atomic E-state index is 12.1. The first-order valence-corrected chi connectivity index (χ1v) is 6.28.